The van der Waals surface area contributed by atoms with Gasteiger partial charge in [-0.25, -0.2) is 0 Å². The molecule has 1 unspecified atom stereocenters. The van der Waals surface area contributed by atoms with E-state index in [1.807, 2.05) is 6.08 Å². The van der Waals surface area contributed by atoms with Gasteiger partial charge >= 0.3 is 0 Å². The fraction of sp³-hybridized carbons (Fsp3) is 0.833. The van der Waals surface area contributed by atoms with Crippen LogP contribution >= 0.6 is 0 Å². The highest BCUT2D eigenvalue weighted by atomic mass is 16.3. The summed E-state index contributed by atoms with van der Waals surface area (Å²) in [6.07, 6.45) is 9.03. The fourth-order valence-corrected chi connectivity index (χ4v) is 2.04. The number of aliphatic hydroxyl groups excluding tert-OH is 1. The molecule has 1 saturated heterocycles. The molecule has 0 aromatic carbocycles. The molecule has 0 spiro atoms. The van der Waals surface area contributed by atoms with Gasteiger partial charge in [0.15, 0.2) is 0 Å². The van der Waals surface area contributed by atoms with Crippen LogP contribution in [0.1, 0.15) is 38.5 Å². The van der Waals surface area contributed by atoms with Crippen LogP contribution in [0.3, 0.4) is 0 Å². The summed E-state index contributed by atoms with van der Waals surface area (Å²) in [5.74, 6) is 0. The predicted molar refractivity (Wildman–Crippen MR) is 60.3 cm³/mol. The minimum absolute atomic E-state index is 0.0723. The van der Waals surface area contributed by atoms with Gasteiger partial charge in [0.25, 0.3) is 0 Å². The Bertz CT molecular complexity index is 158. The van der Waals surface area contributed by atoms with E-state index in [4.69, 9.17) is 0 Å². The largest absolute Gasteiger partial charge is 0.392 e. The van der Waals surface area contributed by atoms with Crippen LogP contribution in [0, 0.1) is 0 Å². The third kappa shape index (κ3) is 4.77. The van der Waals surface area contributed by atoms with Gasteiger partial charge in [-0.05, 0) is 45.2 Å². The average molecular weight is 197 g/mol. The minimum Gasteiger partial charge on any atom is -0.392 e. The average Bonchev–Trinajstić information content (AvgIpc) is 2.18. The third-order valence-corrected chi connectivity index (χ3v) is 2.86. The maximum atomic E-state index is 9.47. The summed E-state index contributed by atoms with van der Waals surface area (Å²) in [5.41, 5.74) is 0. The number of aliphatic hydroxyl groups is 1. The fourth-order valence-electron chi connectivity index (χ4n) is 2.04. The second-order valence-electron chi connectivity index (χ2n) is 4.23. The van der Waals surface area contributed by atoms with Crippen molar-refractivity contribution in [2.75, 3.05) is 19.6 Å². The van der Waals surface area contributed by atoms with Gasteiger partial charge in [0, 0.05) is 6.54 Å². The number of likely N-dealkylation sites (tertiary alicyclic amines) is 1. The van der Waals surface area contributed by atoms with Crippen molar-refractivity contribution in [3.05, 3.63) is 12.7 Å². The summed E-state index contributed by atoms with van der Waals surface area (Å²) >= 11 is 0. The van der Waals surface area contributed by atoms with Gasteiger partial charge in [-0.3, -0.25) is 0 Å². The van der Waals surface area contributed by atoms with Crippen molar-refractivity contribution in [1.82, 2.24) is 4.90 Å². The Kier molecular flexibility index (Phi) is 5.88. The van der Waals surface area contributed by atoms with Gasteiger partial charge in [0.2, 0.25) is 0 Å². The lowest BCUT2D eigenvalue weighted by atomic mass is 10.1. The number of rotatable bonds is 6. The lowest BCUT2D eigenvalue weighted by Gasteiger charge is -2.29. The van der Waals surface area contributed by atoms with Crippen LogP contribution in [-0.4, -0.2) is 35.7 Å². The molecule has 1 rings (SSSR count). The zero-order valence-electron chi connectivity index (χ0n) is 9.12. The lowest BCUT2D eigenvalue weighted by molar-refractivity contribution is 0.0698. The standard InChI is InChI=1S/C12H23NO/c1-2-3-4-5-6-9-13-10-7-8-12(14)11-13/h2,12,14H,1,3-11H2. The molecule has 1 aliphatic rings. The minimum atomic E-state index is -0.0723. The van der Waals surface area contributed by atoms with E-state index in [0.29, 0.717) is 0 Å². The molecule has 0 amide bonds. The molecule has 0 saturated carbocycles. The Balaban J connectivity index is 1.97. The van der Waals surface area contributed by atoms with E-state index in [2.05, 4.69) is 11.5 Å². The second-order valence-corrected chi connectivity index (χ2v) is 4.23. The van der Waals surface area contributed by atoms with Crippen LogP contribution in [0.25, 0.3) is 0 Å². The first-order valence-corrected chi connectivity index (χ1v) is 5.84. The number of hydrogen-bond acceptors (Lipinski definition) is 2. The quantitative estimate of drug-likeness (QED) is 0.521. The van der Waals surface area contributed by atoms with E-state index in [9.17, 15) is 5.11 Å². The van der Waals surface area contributed by atoms with Gasteiger partial charge in [0.05, 0.1) is 6.10 Å². The summed E-state index contributed by atoms with van der Waals surface area (Å²) in [4.78, 5) is 2.39. The highest BCUT2D eigenvalue weighted by Crippen LogP contribution is 2.11. The maximum Gasteiger partial charge on any atom is 0.0667 e. The summed E-state index contributed by atoms with van der Waals surface area (Å²) in [7, 11) is 0. The lowest BCUT2D eigenvalue weighted by Crippen LogP contribution is -2.38. The summed E-state index contributed by atoms with van der Waals surface area (Å²) < 4.78 is 0. The molecular formula is C12H23NO. The van der Waals surface area contributed by atoms with E-state index in [1.54, 1.807) is 0 Å². The predicted octanol–water partition coefficient (Wildman–Crippen LogP) is 2.19. The molecule has 82 valence electrons. The van der Waals surface area contributed by atoms with Gasteiger partial charge in [-0.2, -0.15) is 0 Å². The smallest absolute Gasteiger partial charge is 0.0667 e. The molecule has 1 fully saturated rings. The third-order valence-electron chi connectivity index (χ3n) is 2.86. The Hall–Kier alpha value is -0.340. The number of nitrogens with zero attached hydrogens (tertiary/aromatic N) is 1. The monoisotopic (exact) mass is 197 g/mol. The normalized spacial score (nSPS) is 23.6. The zero-order valence-corrected chi connectivity index (χ0v) is 9.12. The first-order valence-electron chi connectivity index (χ1n) is 5.84. The van der Waals surface area contributed by atoms with Crippen LogP contribution < -0.4 is 0 Å². The topological polar surface area (TPSA) is 23.5 Å². The highest BCUT2D eigenvalue weighted by Gasteiger charge is 2.16. The van der Waals surface area contributed by atoms with Crippen LogP contribution in [-0.2, 0) is 0 Å². The molecule has 0 radical (unpaired) electrons. The number of unbranched alkanes of at least 4 members (excludes halogenated alkanes) is 3. The van der Waals surface area contributed by atoms with Crippen LogP contribution in [0.4, 0.5) is 0 Å². The van der Waals surface area contributed by atoms with Crippen molar-refractivity contribution in [1.29, 1.82) is 0 Å². The molecule has 1 heterocycles. The summed E-state index contributed by atoms with van der Waals surface area (Å²) in [6, 6.07) is 0. The molecule has 0 bridgehead atoms. The number of allylic oxidation sites excluding steroid dienone is 1. The first kappa shape index (κ1) is 11.7. The van der Waals surface area contributed by atoms with Crippen LogP contribution in [0.2, 0.25) is 0 Å². The zero-order chi connectivity index (χ0) is 10.2. The van der Waals surface area contributed by atoms with Crippen molar-refractivity contribution >= 4 is 0 Å². The van der Waals surface area contributed by atoms with Gasteiger partial charge in [-0.15, -0.1) is 6.58 Å². The Morgan fingerprint density at radius 1 is 1.36 bits per heavy atom. The van der Waals surface area contributed by atoms with E-state index < -0.39 is 0 Å². The number of piperidine rings is 1. The van der Waals surface area contributed by atoms with Crippen molar-refractivity contribution in [2.45, 2.75) is 44.6 Å². The molecule has 0 aliphatic carbocycles. The van der Waals surface area contributed by atoms with Crippen LogP contribution in [0.15, 0.2) is 12.7 Å². The molecule has 0 aromatic heterocycles. The molecule has 1 N–H and O–H groups in total. The highest BCUT2D eigenvalue weighted by molar-refractivity contribution is 4.72. The van der Waals surface area contributed by atoms with Gasteiger partial charge in [0.1, 0.15) is 0 Å². The first-order chi connectivity index (χ1) is 6.83. The van der Waals surface area contributed by atoms with Crippen molar-refractivity contribution < 1.29 is 5.11 Å². The van der Waals surface area contributed by atoms with E-state index >= 15 is 0 Å². The molecule has 1 atom stereocenters. The molecule has 2 heteroatoms. The number of hydrogen-bond donors (Lipinski definition) is 1. The van der Waals surface area contributed by atoms with E-state index in [-0.39, 0.29) is 6.10 Å². The Labute approximate surface area is 87.6 Å². The molecule has 0 aromatic rings. The number of β-amino-alcohol motifs (C(OH)–C–C–N with tert-alkyl or cyclic N) is 1. The van der Waals surface area contributed by atoms with Crippen molar-refractivity contribution in [3.63, 3.8) is 0 Å². The molecule has 1 aliphatic heterocycles. The Morgan fingerprint density at radius 2 is 2.21 bits per heavy atom. The maximum absolute atomic E-state index is 9.47. The molecular weight excluding hydrogens is 174 g/mol. The van der Waals surface area contributed by atoms with Gasteiger partial charge < -0.3 is 10.0 Å². The van der Waals surface area contributed by atoms with E-state index in [1.165, 1.54) is 25.8 Å². The van der Waals surface area contributed by atoms with Crippen molar-refractivity contribution in [2.24, 2.45) is 0 Å². The summed E-state index contributed by atoms with van der Waals surface area (Å²) in [5, 5.41) is 9.47. The summed E-state index contributed by atoms with van der Waals surface area (Å²) in [6.45, 7) is 6.94. The van der Waals surface area contributed by atoms with E-state index in [0.717, 1.165) is 32.4 Å². The SMILES string of the molecule is C=CCCCCCN1CCCC(O)C1. The molecule has 14 heavy (non-hydrogen) atoms. The van der Waals surface area contributed by atoms with Crippen molar-refractivity contribution in [3.8, 4) is 0 Å². The second kappa shape index (κ2) is 7.02. The van der Waals surface area contributed by atoms with Gasteiger partial charge in [-0.1, -0.05) is 12.5 Å². The van der Waals surface area contributed by atoms with Crippen LogP contribution in [0.5, 0.6) is 0 Å². The molecule has 2 nitrogen and oxygen atoms in total. The Morgan fingerprint density at radius 3 is 2.93 bits per heavy atom.